The third kappa shape index (κ3) is 5.60. The predicted octanol–water partition coefficient (Wildman–Crippen LogP) is 2.78. The molecule has 27 heavy (non-hydrogen) atoms. The maximum Gasteiger partial charge on any atom is 0.329 e. The van der Waals surface area contributed by atoms with Crippen molar-refractivity contribution in [3.8, 4) is 11.5 Å². The summed E-state index contributed by atoms with van der Waals surface area (Å²) >= 11 is 11.9. The van der Waals surface area contributed by atoms with Crippen LogP contribution in [0.3, 0.4) is 0 Å². The number of carbonyl (C=O) groups is 2. The van der Waals surface area contributed by atoms with Crippen molar-refractivity contribution >= 4 is 41.2 Å². The van der Waals surface area contributed by atoms with Gasteiger partial charge >= 0.3 is 11.8 Å². The number of hydrogen-bond donors (Lipinski definition) is 2. The zero-order valence-corrected chi connectivity index (χ0v) is 16.1. The molecular weight excluding hydrogens is 393 g/mol. The molecular formula is C18H17Cl2N3O4. The van der Waals surface area contributed by atoms with Crippen molar-refractivity contribution in [2.75, 3.05) is 14.2 Å². The number of rotatable bonds is 6. The van der Waals surface area contributed by atoms with Gasteiger partial charge in [0.25, 0.3) is 0 Å². The number of para-hydroxylation sites is 1. The quantitative estimate of drug-likeness (QED) is 0.436. The highest BCUT2D eigenvalue weighted by Gasteiger charge is 2.12. The molecule has 0 spiro atoms. The van der Waals surface area contributed by atoms with Gasteiger partial charge in [-0.25, -0.2) is 5.43 Å². The summed E-state index contributed by atoms with van der Waals surface area (Å²) in [5.74, 6) is -0.774. The standard InChI is InChI=1S/C18H17Cl2N3O4/c1-21-17(24)18(25)23-22-9-12-4-3-5-15(26-2)16(12)27-10-11-6-7-13(19)14(20)8-11/h3-9H,10H2,1-2H3,(H,21,24)(H,23,25)/b22-9-. The van der Waals surface area contributed by atoms with Gasteiger partial charge < -0.3 is 14.8 Å². The summed E-state index contributed by atoms with van der Waals surface area (Å²) in [6.45, 7) is 0.211. The maximum atomic E-state index is 11.4. The highest BCUT2D eigenvalue weighted by atomic mass is 35.5. The highest BCUT2D eigenvalue weighted by molar-refractivity contribution is 6.42. The van der Waals surface area contributed by atoms with Crippen molar-refractivity contribution in [2.24, 2.45) is 5.10 Å². The van der Waals surface area contributed by atoms with Crippen LogP contribution in [0.2, 0.25) is 10.0 Å². The first-order chi connectivity index (χ1) is 13.0. The van der Waals surface area contributed by atoms with Crippen molar-refractivity contribution in [2.45, 2.75) is 6.61 Å². The Labute approximate surface area is 166 Å². The summed E-state index contributed by atoms with van der Waals surface area (Å²) in [6.07, 6.45) is 1.35. The van der Waals surface area contributed by atoms with E-state index in [1.165, 1.54) is 20.4 Å². The average Bonchev–Trinajstić information content (AvgIpc) is 2.68. The van der Waals surface area contributed by atoms with E-state index in [0.29, 0.717) is 27.1 Å². The van der Waals surface area contributed by atoms with Crippen LogP contribution in [0.5, 0.6) is 11.5 Å². The lowest BCUT2D eigenvalue weighted by atomic mass is 10.2. The molecule has 7 nitrogen and oxygen atoms in total. The van der Waals surface area contributed by atoms with Crippen LogP contribution in [-0.4, -0.2) is 32.2 Å². The molecule has 142 valence electrons. The lowest BCUT2D eigenvalue weighted by Crippen LogP contribution is -2.35. The molecule has 2 aromatic carbocycles. The van der Waals surface area contributed by atoms with Gasteiger partial charge in [0.2, 0.25) is 0 Å². The Hall–Kier alpha value is -2.77. The van der Waals surface area contributed by atoms with Crippen LogP contribution in [0.15, 0.2) is 41.5 Å². The highest BCUT2D eigenvalue weighted by Crippen LogP contribution is 2.31. The Kier molecular flexibility index (Phi) is 7.45. The Morgan fingerprint density at radius 2 is 1.93 bits per heavy atom. The van der Waals surface area contributed by atoms with E-state index >= 15 is 0 Å². The van der Waals surface area contributed by atoms with Crippen molar-refractivity contribution in [1.29, 1.82) is 0 Å². The summed E-state index contributed by atoms with van der Waals surface area (Å²) in [5.41, 5.74) is 3.48. The Morgan fingerprint density at radius 1 is 1.15 bits per heavy atom. The first-order valence-corrected chi connectivity index (χ1v) is 8.50. The number of likely N-dealkylation sites (N-methyl/N-ethyl adjacent to an activating group) is 1. The molecule has 0 saturated carbocycles. The first-order valence-electron chi connectivity index (χ1n) is 7.75. The molecule has 0 aromatic heterocycles. The average molecular weight is 410 g/mol. The largest absolute Gasteiger partial charge is 0.493 e. The predicted molar refractivity (Wildman–Crippen MR) is 104 cm³/mol. The Morgan fingerprint density at radius 3 is 2.59 bits per heavy atom. The van der Waals surface area contributed by atoms with Crippen LogP contribution in [0.4, 0.5) is 0 Å². The van der Waals surface area contributed by atoms with Gasteiger partial charge in [-0.05, 0) is 29.8 Å². The number of hydrogen-bond acceptors (Lipinski definition) is 5. The third-order valence-corrected chi connectivity index (χ3v) is 4.14. The van der Waals surface area contributed by atoms with Gasteiger partial charge in [-0.2, -0.15) is 5.10 Å². The van der Waals surface area contributed by atoms with E-state index in [4.69, 9.17) is 32.7 Å². The van der Waals surface area contributed by atoms with Crippen molar-refractivity contribution in [3.05, 3.63) is 57.6 Å². The fourth-order valence-corrected chi connectivity index (χ4v) is 2.38. The smallest absolute Gasteiger partial charge is 0.329 e. The SMILES string of the molecule is CNC(=O)C(=O)N/N=C\c1cccc(OC)c1OCc1ccc(Cl)c(Cl)c1. The number of methoxy groups -OCH3 is 1. The molecule has 2 amide bonds. The van der Waals surface area contributed by atoms with E-state index in [1.807, 2.05) is 0 Å². The van der Waals surface area contributed by atoms with Crippen LogP contribution in [0.25, 0.3) is 0 Å². The molecule has 0 saturated heterocycles. The molecule has 2 aromatic rings. The number of carbonyl (C=O) groups excluding carboxylic acids is 2. The van der Waals surface area contributed by atoms with Crippen molar-refractivity contribution in [3.63, 3.8) is 0 Å². The number of nitrogens with zero attached hydrogens (tertiary/aromatic N) is 1. The van der Waals surface area contributed by atoms with Gasteiger partial charge in [-0.3, -0.25) is 9.59 Å². The number of hydrazone groups is 1. The van der Waals surface area contributed by atoms with E-state index in [9.17, 15) is 9.59 Å². The number of amides is 2. The van der Waals surface area contributed by atoms with Gasteiger partial charge in [0.1, 0.15) is 6.61 Å². The summed E-state index contributed by atoms with van der Waals surface area (Å²) in [7, 11) is 2.86. The zero-order chi connectivity index (χ0) is 19.8. The molecule has 0 aliphatic carbocycles. The maximum absolute atomic E-state index is 11.4. The lowest BCUT2D eigenvalue weighted by Gasteiger charge is -2.13. The summed E-state index contributed by atoms with van der Waals surface area (Å²) in [4.78, 5) is 22.6. The Balaban J connectivity index is 2.17. The lowest BCUT2D eigenvalue weighted by molar-refractivity contribution is -0.138. The molecule has 0 aliphatic rings. The van der Waals surface area contributed by atoms with Crippen LogP contribution in [-0.2, 0) is 16.2 Å². The summed E-state index contributed by atoms with van der Waals surface area (Å²) in [5, 5.41) is 6.85. The molecule has 0 fully saturated rings. The second-order valence-electron chi connectivity index (χ2n) is 5.19. The third-order valence-electron chi connectivity index (χ3n) is 3.40. The van der Waals surface area contributed by atoms with E-state index in [0.717, 1.165) is 5.56 Å². The zero-order valence-electron chi connectivity index (χ0n) is 14.6. The van der Waals surface area contributed by atoms with Gasteiger partial charge in [-0.15, -0.1) is 0 Å². The van der Waals surface area contributed by atoms with E-state index < -0.39 is 11.8 Å². The molecule has 0 heterocycles. The topological polar surface area (TPSA) is 89.0 Å². The van der Waals surface area contributed by atoms with Gasteiger partial charge in [-0.1, -0.05) is 35.3 Å². The van der Waals surface area contributed by atoms with Gasteiger partial charge in [0, 0.05) is 12.6 Å². The van der Waals surface area contributed by atoms with Crippen molar-refractivity contribution < 1.29 is 19.1 Å². The minimum absolute atomic E-state index is 0.211. The van der Waals surface area contributed by atoms with Crippen LogP contribution in [0.1, 0.15) is 11.1 Å². The van der Waals surface area contributed by atoms with Crippen molar-refractivity contribution in [1.82, 2.24) is 10.7 Å². The van der Waals surface area contributed by atoms with Gasteiger partial charge in [0.15, 0.2) is 11.5 Å². The van der Waals surface area contributed by atoms with E-state index in [-0.39, 0.29) is 6.61 Å². The second-order valence-corrected chi connectivity index (χ2v) is 6.01. The van der Waals surface area contributed by atoms with Crippen LogP contribution in [0, 0.1) is 0 Å². The van der Waals surface area contributed by atoms with E-state index in [2.05, 4.69) is 15.8 Å². The number of benzene rings is 2. The second kappa shape index (κ2) is 9.80. The van der Waals surface area contributed by atoms with Gasteiger partial charge in [0.05, 0.1) is 23.4 Å². The van der Waals surface area contributed by atoms with Crippen LogP contribution >= 0.6 is 23.2 Å². The summed E-state index contributed by atoms with van der Waals surface area (Å²) < 4.78 is 11.2. The fourth-order valence-electron chi connectivity index (χ4n) is 2.06. The summed E-state index contributed by atoms with van der Waals surface area (Å²) in [6, 6.07) is 10.4. The molecule has 0 unspecified atom stereocenters. The van der Waals surface area contributed by atoms with E-state index in [1.54, 1.807) is 36.4 Å². The molecule has 9 heteroatoms. The molecule has 0 atom stereocenters. The number of halogens is 2. The fraction of sp³-hybridized carbons (Fsp3) is 0.167. The normalized spacial score (nSPS) is 10.5. The number of ether oxygens (including phenoxy) is 2. The molecule has 2 rings (SSSR count). The minimum Gasteiger partial charge on any atom is -0.493 e. The number of nitrogens with one attached hydrogen (secondary N) is 2. The molecule has 0 aliphatic heterocycles. The molecule has 0 radical (unpaired) electrons. The Bertz CT molecular complexity index is 872. The molecule has 2 N–H and O–H groups in total. The van der Waals surface area contributed by atoms with Crippen LogP contribution < -0.4 is 20.2 Å². The minimum atomic E-state index is -0.880. The first kappa shape index (κ1) is 20.5. The molecule has 0 bridgehead atoms. The monoisotopic (exact) mass is 409 g/mol.